The zero-order valence-corrected chi connectivity index (χ0v) is 18.7. The van der Waals surface area contributed by atoms with Crippen molar-refractivity contribution in [3.8, 4) is 28.7 Å². The number of rotatable bonds is 10. The molecule has 0 bridgehead atoms. The Kier molecular flexibility index (Phi) is 7.57. The third-order valence-corrected chi connectivity index (χ3v) is 4.98. The van der Waals surface area contributed by atoms with Crippen LogP contribution in [0.5, 0.6) is 17.2 Å². The van der Waals surface area contributed by atoms with Gasteiger partial charge in [-0.25, -0.2) is 4.98 Å². The minimum atomic E-state index is -3.03. The first-order valence-electron chi connectivity index (χ1n) is 10.6. The quantitative estimate of drug-likeness (QED) is 0.312. The average Bonchev–Trinajstić information content (AvgIpc) is 3.35. The lowest BCUT2D eigenvalue weighted by Gasteiger charge is -2.11. The number of halogens is 2. The van der Waals surface area contributed by atoms with Gasteiger partial charge < -0.3 is 23.9 Å². The van der Waals surface area contributed by atoms with E-state index in [1.165, 1.54) is 24.5 Å². The first-order valence-corrected chi connectivity index (χ1v) is 10.6. The van der Waals surface area contributed by atoms with Gasteiger partial charge >= 0.3 is 6.61 Å². The van der Waals surface area contributed by atoms with Crippen molar-refractivity contribution in [2.45, 2.75) is 19.8 Å². The van der Waals surface area contributed by atoms with Crippen LogP contribution < -0.4 is 19.5 Å². The normalized spacial score (nSPS) is 10.7. The summed E-state index contributed by atoms with van der Waals surface area (Å²) in [5.74, 6) is 0.628. The monoisotopic (exact) mass is 482 g/mol. The van der Waals surface area contributed by atoms with Crippen LogP contribution in [-0.4, -0.2) is 24.6 Å². The summed E-state index contributed by atoms with van der Waals surface area (Å²) < 4.78 is 46.5. The Labute approximate surface area is 201 Å². The number of amides is 1. The van der Waals surface area contributed by atoms with Crippen LogP contribution in [0.2, 0.25) is 0 Å². The zero-order chi connectivity index (χ0) is 24.6. The largest absolute Gasteiger partial charge is 0.493 e. The highest BCUT2D eigenvalue weighted by molar-refractivity contribution is 5.96. The van der Waals surface area contributed by atoms with Gasteiger partial charge in [-0.2, -0.15) is 8.78 Å². The van der Waals surface area contributed by atoms with Gasteiger partial charge in [0.05, 0.1) is 24.9 Å². The van der Waals surface area contributed by atoms with Crippen LogP contribution in [0.15, 0.2) is 83.5 Å². The molecule has 0 radical (unpaired) electrons. The Morgan fingerprint density at radius 1 is 1.03 bits per heavy atom. The number of oxazole rings is 1. The van der Waals surface area contributed by atoms with E-state index in [4.69, 9.17) is 13.9 Å². The summed E-state index contributed by atoms with van der Waals surface area (Å²) >= 11 is 0. The zero-order valence-electron chi connectivity index (χ0n) is 18.7. The second-order valence-corrected chi connectivity index (χ2v) is 7.34. The number of alkyl halides is 2. The van der Waals surface area contributed by atoms with E-state index in [9.17, 15) is 13.6 Å². The van der Waals surface area contributed by atoms with E-state index in [1.54, 1.807) is 31.4 Å². The number of hydrogen-bond acceptors (Lipinski definition) is 6. The number of carbonyl (C=O) groups is 1. The van der Waals surface area contributed by atoms with Crippen molar-refractivity contribution < 1.29 is 33.6 Å². The Hall–Kier alpha value is -4.40. The topological polar surface area (TPSA) is 82.8 Å². The summed E-state index contributed by atoms with van der Waals surface area (Å²) in [7, 11) is 1.56. The average molecular weight is 482 g/mol. The van der Waals surface area contributed by atoms with Gasteiger partial charge in [0.1, 0.15) is 18.6 Å². The van der Waals surface area contributed by atoms with Gasteiger partial charge in [0.2, 0.25) is 5.89 Å². The van der Waals surface area contributed by atoms with E-state index in [1.807, 2.05) is 30.3 Å². The summed E-state index contributed by atoms with van der Waals surface area (Å²) in [6, 6.07) is 20.8. The molecule has 1 N–H and O–H groups in total. The first kappa shape index (κ1) is 23.7. The van der Waals surface area contributed by atoms with Crippen molar-refractivity contribution in [3.63, 3.8) is 0 Å². The number of nitrogens with zero attached hydrogens (tertiary/aromatic N) is 1. The molecule has 0 aliphatic heterocycles. The van der Waals surface area contributed by atoms with Crippen LogP contribution in [0.25, 0.3) is 11.5 Å². The minimum Gasteiger partial charge on any atom is -0.493 e. The van der Waals surface area contributed by atoms with E-state index in [-0.39, 0.29) is 19.3 Å². The number of aromatic nitrogens is 1. The number of nitrogens with one attached hydrogen (secondary N) is 1. The fraction of sp³-hybridized carbons (Fsp3) is 0.154. The number of carbonyl (C=O) groups excluding carboxylic acids is 1. The fourth-order valence-electron chi connectivity index (χ4n) is 3.30. The summed E-state index contributed by atoms with van der Waals surface area (Å²) in [6.45, 7) is -2.65. The number of methoxy groups -OCH3 is 1. The SMILES string of the molecule is COc1ccc(-c2nc(CNC(=O)c3ccccc3OC(F)F)co2)cc1OCc1ccccc1.[HH]. The number of ether oxygens (including phenoxy) is 3. The predicted octanol–water partition coefficient (Wildman–Crippen LogP) is 5.71. The molecule has 1 heterocycles. The molecule has 0 fully saturated rings. The van der Waals surface area contributed by atoms with Gasteiger partial charge in [0.15, 0.2) is 11.5 Å². The lowest BCUT2D eigenvalue weighted by Crippen LogP contribution is -2.24. The molecule has 0 aliphatic carbocycles. The standard InChI is InChI=1S/C26H22F2N2O5.H2/c1-32-22-12-11-18(13-23(22)33-15-17-7-3-2-4-8-17)25-30-19(16-34-25)14-29-24(31)20-9-5-6-10-21(20)35-26(27)28;/h2-13,16,26H,14-15H2,1H3,(H,29,31);1H. The Morgan fingerprint density at radius 3 is 2.57 bits per heavy atom. The number of hydrogen-bond donors (Lipinski definition) is 1. The molecule has 7 nitrogen and oxygen atoms in total. The van der Waals surface area contributed by atoms with Crippen LogP contribution in [0.3, 0.4) is 0 Å². The number of para-hydroxylation sites is 1. The molecule has 1 aromatic heterocycles. The van der Waals surface area contributed by atoms with E-state index < -0.39 is 12.5 Å². The Bertz CT molecular complexity index is 1280. The highest BCUT2D eigenvalue weighted by Gasteiger charge is 2.16. The highest BCUT2D eigenvalue weighted by atomic mass is 19.3. The summed E-state index contributed by atoms with van der Waals surface area (Å²) in [6.07, 6.45) is 1.41. The molecular formula is C26H24F2N2O5. The summed E-state index contributed by atoms with van der Waals surface area (Å²) in [4.78, 5) is 16.9. The first-order chi connectivity index (χ1) is 17.0. The minimum absolute atomic E-state index is 0. The molecule has 9 heteroatoms. The summed E-state index contributed by atoms with van der Waals surface area (Å²) in [5, 5.41) is 2.63. The van der Waals surface area contributed by atoms with Crippen LogP contribution >= 0.6 is 0 Å². The number of benzene rings is 3. The molecule has 4 rings (SSSR count). The summed E-state index contributed by atoms with van der Waals surface area (Å²) in [5.41, 5.74) is 2.10. The molecule has 0 aliphatic rings. The van der Waals surface area contributed by atoms with Crippen molar-refractivity contribution >= 4 is 5.91 Å². The van der Waals surface area contributed by atoms with Crippen LogP contribution in [0.1, 0.15) is 23.0 Å². The maximum atomic E-state index is 12.6. The highest BCUT2D eigenvalue weighted by Crippen LogP contribution is 2.33. The van der Waals surface area contributed by atoms with Gasteiger partial charge in [-0.3, -0.25) is 4.79 Å². The van der Waals surface area contributed by atoms with Crippen molar-refractivity contribution in [2.75, 3.05) is 7.11 Å². The van der Waals surface area contributed by atoms with Crippen LogP contribution in [0, 0.1) is 0 Å². The van der Waals surface area contributed by atoms with Gasteiger partial charge in [0, 0.05) is 6.99 Å². The molecule has 4 aromatic rings. The molecule has 0 spiro atoms. The van der Waals surface area contributed by atoms with E-state index >= 15 is 0 Å². The maximum absolute atomic E-state index is 12.6. The lowest BCUT2D eigenvalue weighted by molar-refractivity contribution is -0.0501. The van der Waals surface area contributed by atoms with Gasteiger partial charge in [-0.1, -0.05) is 42.5 Å². The van der Waals surface area contributed by atoms with Crippen molar-refractivity contribution in [2.24, 2.45) is 0 Å². The molecule has 35 heavy (non-hydrogen) atoms. The fourth-order valence-corrected chi connectivity index (χ4v) is 3.30. The van der Waals surface area contributed by atoms with Crippen molar-refractivity contribution in [1.29, 1.82) is 0 Å². The molecule has 3 aromatic carbocycles. The van der Waals surface area contributed by atoms with Crippen LogP contribution in [-0.2, 0) is 13.2 Å². The van der Waals surface area contributed by atoms with E-state index in [0.29, 0.717) is 35.3 Å². The van der Waals surface area contributed by atoms with Gasteiger partial charge in [0.25, 0.3) is 5.91 Å². The van der Waals surface area contributed by atoms with Gasteiger partial charge in [-0.05, 0) is 35.9 Å². The van der Waals surface area contributed by atoms with Crippen LogP contribution in [0.4, 0.5) is 8.78 Å². The van der Waals surface area contributed by atoms with E-state index in [2.05, 4.69) is 15.0 Å². The lowest BCUT2D eigenvalue weighted by atomic mass is 10.2. The Morgan fingerprint density at radius 2 is 1.80 bits per heavy atom. The third-order valence-electron chi connectivity index (χ3n) is 4.98. The Balaban J connectivity index is 0.00000361. The molecule has 182 valence electrons. The third kappa shape index (κ3) is 6.14. The molecule has 0 saturated carbocycles. The maximum Gasteiger partial charge on any atom is 0.387 e. The molecular weight excluding hydrogens is 458 g/mol. The predicted molar refractivity (Wildman–Crippen MR) is 126 cm³/mol. The molecule has 1 amide bonds. The van der Waals surface area contributed by atoms with Gasteiger partial charge in [-0.15, -0.1) is 0 Å². The molecule has 0 atom stereocenters. The second kappa shape index (κ2) is 11.1. The second-order valence-electron chi connectivity index (χ2n) is 7.34. The van der Waals surface area contributed by atoms with Crippen molar-refractivity contribution in [3.05, 3.63) is 95.9 Å². The van der Waals surface area contributed by atoms with Crippen molar-refractivity contribution in [1.82, 2.24) is 10.3 Å². The molecule has 0 unspecified atom stereocenters. The van der Waals surface area contributed by atoms with E-state index in [0.717, 1.165) is 5.56 Å². The smallest absolute Gasteiger partial charge is 0.387 e. The molecule has 0 saturated heterocycles.